The highest BCUT2D eigenvalue weighted by atomic mass is 29.2. The van der Waals surface area contributed by atoms with Crippen LogP contribution in [-0.2, 0) is 0 Å². The van der Waals surface area contributed by atoms with E-state index in [9.17, 15) is 4.80 Å². The van der Waals surface area contributed by atoms with Gasteiger partial charge in [0.15, 0.2) is 7.83 Å². The quantitative estimate of drug-likeness (QED) is 0.550. The Labute approximate surface area is 55.5 Å². The van der Waals surface area contributed by atoms with Crippen molar-refractivity contribution in [3.63, 3.8) is 0 Å². The molecule has 0 bridgehead atoms. The van der Waals surface area contributed by atoms with E-state index in [1.165, 1.54) is 0 Å². The van der Waals surface area contributed by atoms with Crippen LogP contribution in [-0.4, -0.2) is 22.4 Å². The summed E-state index contributed by atoms with van der Waals surface area (Å²) in [6.07, 6.45) is 0. The summed E-state index contributed by atoms with van der Waals surface area (Å²) in [5, 5.41) is 0. The van der Waals surface area contributed by atoms with E-state index in [1.807, 2.05) is 6.55 Å². The maximum Gasteiger partial charge on any atom is 0.162 e. The third-order valence-corrected chi connectivity index (χ3v) is 3.95. The maximum atomic E-state index is 9.39. The molecule has 1 nitrogen and oxygen atoms in total. The Bertz CT molecular complexity index is 65.3. The van der Waals surface area contributed by atoms with Crippen LogP contribution in [0.5, 0.6) is 0 Å². The monoisotopic (exact) mass is 148 g/mol. The van der Waals surface area contributed by atoms with Gasteiger partial charge < -0.3 is 4.80 Å². The Morgan fingerprint density at radius 2 is 2.00 bits per heavy atom. The third kappa shape index (κ3) is 6.39. The Kier molecular flexibility index (Phi) is 2.94. The highest BCUT2D eigenvalue weighted by Crippen LogP contribution is 2.08. The molecule has 0 aromatic carbocycles. The summed E-state index contributed by atoms with van der Waals surface area (Å²) in [6.45, 7) is 6.37. The molecule has 0 rings (SSSR count). The van der Waals surface area contributed by atoms with Crippen molar-refractivity contribution in [2.75, 3.05) is 0 Å². The fraction of sp³-hybridized carbons (Fsp3) is 1.00. The van der Waals surface area contributed by atoms with Gasteiger partial charge in [-0.1, -0.05) is 13.8 Å². The van der Waals surface area contributed by atoms with Crippen molar-refractivity contribution < 1.29 is 4.80 Å². The summed E-state index contributed by atoms with van der Waals surface area (Å²) in [7, 11) is -0.561. The lowest BCUT2D eigenvalue weighted by Crippen LogP contribution is -2.32. The topological polar surface area (TPSA) is 20.2 Å². The molecule has 0 saturated carbocycles. The summed E-state index contributed by atoms with van der Waals surface area (Å²) in [6, 6.07) is 1.08. The van der Waals surface area contributed by atoms with Gasteiger partial charge in [-0.3, -0.25) is 0 Å². The molecule has 0 spiro atoms. The molecule has 0 aromatic rings. The maximum absolute atomic E-state index is 9.39. The van der Waals surface area contributed by atoms with E-state index in [0.29, 0.717) is 5.92 Å². The van der Waals surface area contributed by atoms with Gasteiger partial charge in [-0.25, -0.2) is 0 Å². The lowest BCUT2D eigenvalue weighted by molar-refractivity contribution is 0.544. The van der Waals surface area contributed by atoms with Crippen molar-refractivity contribution in [1.29, 1.82) is 0 Å². The van der Waals surface area contributed by atoms with E-state index in [0.717, 1.165) is 15.8 Å². The Balaban J connectivity index is 3.39. The van der Waals surface area contributed by atoms with E-state index in [4.69, 9.17) is 0 Å². The standard InChI is InChI=1S/C5H16OSi2/c1-5(2)4-8(3,6)7/h5-6H,4H2,1-3,7H3. The first-order valence-corrected chi connectivity index (χ1v) is 9.29. The molecular formula is C5H16OSi2. The fourth-order valence-corrected chi connectivity index (χ4v) is 5.45. The van der Waals surface area contributed by atoms with E-state index in [1.54, 1.807) is 0 Å². The van der Waals surface area contributed by atoms with Crippen LogP contribution in [0.15, 0.2) is 0 Å². The van der Waals surface area contributed by atoms with E-state index >= 15 is 0 Å². The second-order valence-corrected chi connectivity index (χ2v) is 13.9. The zero-order valence-corrected chi connectivity index (χ0v) is 9.23. The van der Waals surface area contributed by atoms with Gasteiger partial charge in [0.05, 0.1) is 0 Å². The Morgan fingerprint density at radius 1 is 1.62 bits per heavy atom. The molecule has 50 valence electrons. The molecular weight excluding hydrogens is 132 g/mol. The van der Waals surface area contributed by atoms with Crippen LogP contribution >= 0.6 is 0 Å². The summed E-state index contributed by atoms with van der Waals surface area (Å²) >= 11 is 0. The number of hydrogen-bond acceptors (Lipinski definition) is 1. The molecule has 0 aromatic heterocycles. The molecule has 8 heavy (non-hydrogen) atoms. The minimum Gasteiger partial charge on any atom is -0.436 e. The van der Waals surface area contributed by atoms with Gasteiger partial charge in [0.1, 0.15) is 0 Å². The lowest BCUT2D eigenvalue weighted by atomic mass is 10.3. The van der Waals surface area contributed by atoms with Gasteiger partial charge in [-0.15, -0.1) is 0 Å². The van der Waals surface area contributed by atoms with Crippen molar-refractivity contribution in [1.82, 2.24) is 0 Å². The Morgan fingerprint density at radius 3 is 2.00 bits per heavy atom. The molecule has 0 amide bonds. The summed E-state index contributed by atoms with van der Waals surface area (Å²) in [4.78, 5) is 9.39. The molecule has 1 unspecified atom stereocenters. The molecule has 0 fully saturated rings. The molecule has 0 heterocycles. The van der Waals surface area contributed by atoms with Crippen LogP contribution in [0.1, 0.15) is 13.8 Å². The van der Waals surface area contributed by atoms with Crippen molar-refractivity contribution in [2.45, 2.75) is 26.4 Å². The molecule has 3 heteroatoms. The van der Waals surface area contributed by atoms with Gasteiger partial charge >= 0.3 is 0 Å². The van der Waals surface area contributed by atoms with E-state index in [2.05, 4.69) is 13.8 Å². The normalized spacial score (nSPS) is 19.1. The minimum absolute atomic E-state index is 0.689. The summed E-state index contributed by atoms with van der Waals surface area (Å²) in [5.74, 6) is 0.689. The van der Waals surface area contributed by atoms with Crippen molar-refractivity contribution in [3.8, 4) is 0 Å². The second-order valence-electron chi connectivity index (χ2n) is 3.41. The highest BCUT2D eigenvalue weighted by Gasteiger charge is 2.17. The first kappa shape index (κ1) is 8.39. The first-order valence-electron chi connectivity index (χ1n) is 3.14. The SMILES string of the molecule is CC(C)C[Si](C)(O)[SiH3]. The molecule has 0 aliphatic carbocycles. The minimum atomic E-state index is -1.58. The Hall–Kier alpha value is 0.394. The van der Waals surface area contributed by atoms with Crippen molar-refractivity contribution >= 4 is 17.6 Å². The van der Waals surface area contributed by atoms with Gasteiger partial charge in [-0.05, 0) is 18.5 Å². The first-order chi connectivity index (χ1) is 3.42. The molecule has 0 aliphatic rings. The zero-order chi connectivity index (χ0) is 6.78. The summed E-state index contributed by atoms with van der Waals surface area (Å²) in [5.41, 5.74) is 0. The van der Waals surface area contributed by atoms with Gasteiger partial charge in [0.2, 0.25) is 0 Å². The fourth-order valence-electron chi connectivity index (χ4n) is 0.999. The van der Waals surface area contributed by atoms with Crippen LogP contribution in [0.2, 0.25) is 12.6 Å². The van der Waals surface area contributed by atoms with Crippen molar-refractivity contribution in [2.24, 2.45) is 5.92 Å². The number of hydrogen-bond donors (Lipinski definition) is 1. The largest absolute Gasteiger partial charge is 0.436 e. The van der Waals surface area contributed by atoms with Crippen LogP contribution in [0.3, 0.4) is 0 Å². The summed E-state index contributed by atoms with van der Waals surface area (Å²) < 4.78 is 0. The van der Waals surface area contributed by atoms with E-state index < -0.39 is 7.83 Å². The van der Waals surface area contributed by atoms with E-state index in [-0.39, 0.29) is 0 Å². The predicted molar refractivity (Wildman–Crippen MR) is 43.4 cm³/mol. The van der Waals surface area contributed by atoms with Gasteiger partial charge in [0.25, 0.3) is 0 Å². The van der Waals surface area contributed by atoms with Crippen LogP contribution in [0.25, 0.3) is 0 Å². The molecule has 1 atom stereocenters. The smallest absolute Gasteiger partial charge is 0.162 e. The third-order valence-electron chi connectivity index (χ3n) is 0.908. The molecule has 0 aliphatic heterocycles. The van der Waals surface area contributed by atoms with Crippen LogP contribution < -0.4 is 0 Å². The highest BCUT2D eigenvalue weighted by molar-refractivity contribution is 7.11. The van der Waals surface area contributed by atoms with Crippen LogP contribution in [0, 0.1) is 5.92 Å². The average Bonchev–Trinajstić information content (AvgIpc) is 1.21. The van der Waals surface area contributed by atoms with Crippen molar-refractivity contribution in [3.05, 3.63) is 0 Å². The number of rotatable bonds is 2. The lowest BCUT2D eigenvalue weighted by Gasteiger charge is -2.15. The predicted octanol–water partition coefficient (Wildman–Crippen LogP) is 0.0721. The molecule has 1 N–H and O–H groups in total. The van der Waals surface area contributed by atoms with Gasteiger partial charge in [-0.2, -0.15) is 0 Å². The molecule has 0 radical (unpaired) electrons. The second kappa shape index (κ2) is 2.80. The van der Waals surface area contributed by atoms with Gasteiger partial charge in [0, 0.05) is 9.76 Å². The molecule has 0 saturated heterocycles. The average molecular weight is 148 g/mol. The zero-order valence-electron chi connectivity index (χ0n) is 6.23. The van der Waals surface area contributed by atoms with Crippen LogP contribution in [0.4, 0.5) is 0 Å².